The second-order valence-electron chi connectivity index (χ2n) is 7.25. The summed E-state index contributed by atoms with van der Waals surface area (Å²) in [5, 5.41) is 16.0. The van der Waals surface area contributed by atoms with Crippen molar-refractivity contribution >= 4 is 23.2 Å². The van der Waals surface area contributed by atoms with Crippen LogP contribution in [0, 0.1) is 11.3 Å². The minimum absolute atomic E-state index is 0.0936. The average molecular weight is 388 g/mol. The third-order valence-corrected chi connectivity index (χ3v) is 5.29. The third-order valence-electron chi connectivity index (χ3n) is 5.04. The Morgan fingerprint density at radius 2 is 1.48 bits per heavy atom. The molecular weight excluding hydrogens is 358 g/mol. The fourth-order valence-electron chi connectivity index (χ4n) is 3.41. The molecule has 1 aromatic rings. The highest BCUT2D eigenvalue weighted by Gasteiger charge is 2.12. The summed E-state index contributed by atoms with van der Waals surface area (Å²) < 4.78 is 0. The number of nitrogens with one attached hydrogen (secondary N) is 2. The maximum atomic E-state index is 12.3. The van der Waals surface area contributed by atoms with E-state index in [0.29, 0.717) is 16.8 Å². The first kappa shape index (κ1) is 21.3. The molecule has 4 nitrogen and oxygen atoms in total. The summed E-state index contributed by atoms with van der Waals surface area (Å²) in [7, 11) is 0. The molecule has 1 aliphatic rings. The molecule has 2 N–H and O–H groups in total. The van der Waals surface area contributed by atoms with Gasteiger partial charge < -0.3 is 10.6 Å². The van der Waals surface area contributed by atoms with Crippen molar-refractivity contribution in [1.82, 2.24) is 5.32 Å². The number of anilines is 1. The van der Waals surface area contributed by atoms with Gasteiger partial charge in [0.15, 0.2) is 0 Å². The fourth-order valence-corrected chi connectivity index (χ4v) is 3.54. The number of rotatable bonds is 4. The van der Waals surface area contributed by atoms with Crippen LogP contribution in [0.25, 0.3) is 0 Å². The predicted octanol–water partition coefficient (Wildman–Crippen LogP) is 5.95. The largest absolute Gasteiger partial charge is 0.387 e. The number of amides is 1. The normalized spacial score (nSPS) is 17.9. The van der Waals surface area contributed by atoms with Crippen LogP contribution in [0.15, 0.2) is 36.0 Å². The lowest BCUT2D eigenvalue weighted by Crippen LogP contribution is -2.26. The maximum Gasteiger partial charge on any atom is 0.267 e. The van der Waals surface area contributed by atoms with E-state index < -0.39 is 5.91 Å². The van der Waals surface area contributed by atoms with Crippen LogP contribution in [0.5, 0.6) is 0 Å². The minimum atomic E-state index is -0.402. The van der Waals surface area contributed by atoms with E-state index in [2.05, 4.69) is 10.6 Å². The van der Waals surface area contributed by atoms with Crippen molar-refractivity contribution in [3.05, 3.63) is 41.1 Å². The van der Waals surface area contributed by atoms with E-state index in [-0.39, 0.29) is 5.57 Å². The molecule has 1 amide bonds. The number of carbonyl (C=O) groups excluding carboxylic acids is 1. The summed E-state index contributed by atoms with van der Waals surface area (Å²) in [4.78, 5) is 12.3. The van der Waals surface area contributed by atoms with Crippen LogP contribution in [0.1, 0.15) is 70.6 Å². The number of hydrogen-bond acceptors (Lipinski definition) is 3. The highest BCUT2D eigenvalue weighted by Crippen LogP contribution is 2.17. The molecule has 1 fully saturated rings. The Balaban J connectivity index is 1.90. The highest BCUT2D eigenvalue weighted by atomic mass is 35.5. The van der Waals surface area contributed by atoms with Gasteiger partial charge in [0.2, 0.25) is 0 Å². The average Bonchev–Trinajstić information content (AvgIpc) is 2.66. The summed E-state index contributed by atoms with van der Waals surface area (Å²) in [6, 6.07) is 9.18. The van der Waals surface area contributed by atoms with Gasteiger partial charge in [0, 0.05) is 23.0 Å². The maximum absolute atomic E-state index is 12.3. The molecule has 1 saturated carbocycles. The van der Waals surface area contributed by atoms with Crippen molar-refractivity contribution in [2.24, 2.45) is 0 Å². The molecule has 0 atom stereocenters. The lowest BCUT2D eigenvalue weighted by Gasteiger charge is -2.18. The molecule has 146 valence electrons. The number of nitriles is 1. The van der Waals surface area contributed by atoms with Gasteiger partial charge in [0.1, 0.15) is 11.6 Å². The number of nitrogens with zero attached hydrogens (tertiary/aromatic N) is 1. The highest BCUT2D eigenvalue weighted by molar-refractivity contribution is 6.30. The SMILES string of the molecule is N#C/C(=C/NC1CCCCCCCCCCC1)C(=O)Nc1ccc(Cl)cc1. The van der Waals surface area contributed by atoms with Crippen LogP contribution in [0.2, 0.25) is 5.02 Å². The van der Waals surface area contributed by atoms with Crippen LogP contribution in [0.4, 0.5) is 5.69 Å². The number of carbonyl (C=O) groups is 1. The zero-order valence-corrected chi connectivity index (χ0v) is 16.7. The molecule has 0 aromatic heterocycles. The molecule has 2 rings (SSSR count). The van der Waals surface area contributed by atoms with Crippen LogP contribution in [-0.4, -0.2) is 11.9 Å². The Kier molecular flexibility index (Phi) is 9.79. The van der Waals surface area contributed by atoms with Gasteiger partial charge in [-0.1, -0.05) is 69.4 Å². The molecule has 0 radical (unpaired) electrons. The summed E-state index contributed by atoms with van der Waals surface area (Å²) in [6.07, 6.45) is 15.4. The zero-order valence-electron chi connectivity index (χ0n) is 16.0. The molecule has 0 saturated heterocycles. The van der Waals surface area contributed by atoms with E-state index in [1.54, 1.807) is 30.5 Å². The van der Waals surface area contributed by atoms with Gasteiger partial charge in [0.05, 0.1) is 0 Å². The van der Waals surface area contributed by atoms with E-state index in [0.717, 1.165) is 12.8 Å². The molecule has 5 heteroatoms. The first-order chi connectivity index (χ1) is 13.2. The lowest BCUT2D eigenvalue weighted by atomic mass is 9.98. The quantitative estimate of drug-likeness (QED) is 0.495. The van der Waals surface area contributed by atoms with Crippen molar-refractivity contribution in [2.45, 2.75) is 76.7 Å². The zero-order chi connectivity index (χ0) is 19.3. The van der Waals surface area contributed by atoms with E-state index in [1.807, 2.05) is 6.07 Å². The van der Waals surface area contributed by atoms with Crippen molar-refractivity contribution in [2.75, 3.05) is 5.32 Å². The van der Waals surface area contributed by atoms with E-state index in [9.17, 15) is 10.1 Å². The molecule has 0 heterocycles. The molecule has 1 aliphatic carbocycles. The van der Waals surface area contributed by atoms with Gasteiger partial charge in [-0.2, -0.15) is 5.26 Å². The number of halogens is 1. The smallest absolute Gasteiger partial charge is 0.267 e. The summed E-state index contributed by atoms with van der Waals surface area (Å²) >= 11 is 5.85. The van der Waals surface area contributed by atoms with Gasteiger partial charge >= 0.3 is 0 Å². The molecule has 0 spiro atoms. The van der Waals surface area contributed by atoms with Crippen LogP contribution >= 0.6 is 11.6 Å². The number of benzene rings is 1. The predicted molar refractivity (Wildman–Crippen MR) is 111 cm³/mol. The second kappa shape index (κ2) is 12.4. The van der Waals surface area contributed by atoms with E-state index in [1.165, 1.54) is 57.8 Å². The third kappa shape index (κ3) is 8.49. The monoisotopic (exact) mass is 387 g/mol. The first-order valence-corrected chi connectivity index (χ1v) is 10.5. The molecule has 27 heavy (non-hydrogen) atoms. The Labute approximate surface area is 168 Å². The Bertz CT molecular complexity index is 637. The van der Waals surface area contributed by atoms with Gasteiger partial charge in [-0.25, -0.2) is 0 Å². The van der Waals surface area contributed by atoms with Gasteiger partial charge in [-0.3, -0.25) is 4.79 Å². The Hall–Kier alpha value is -1.99. The van der Waals surface area contributed by atoms with Crippen LogP contribution in [0.3, 0.4) is 0 Å². The second-order valence-corrected chi connectivity index (χ2v) is 7.69. The van der Waals surface area contributed by atoms with Crippen molar-refractivity contribution in [3.63, 3.8) is 0 Å². The van der Waals surface area contributed by atoms with Crippen molar-refractivity contribution in [1.29, 1.82) is 5.26 Å². The fraction of sp³-hybridized carbons (Fsp3) is 0.545. The molecule has 1 aromatic carbocycles. The number of hydrogen-bond donors (Lipinski definition) is 2. The van der Waals surface area contributed by atoms with Gasteiger partial charge in [-0.05, 0) is 37.1 Å². The first-order valence-electron chi connectivity index (χ1n) is 10.1. The molecule has 0 bridgehead atoms. The molecular formula is C22H30ClN3O. The molecule has 0 aliphatic heterocycles. The van der Waals surface area contributed by atoms with Gasteiger partial charge in [0.25, 0.3) is 5.91 Å². The van der Waals surface area contributed by atoms with Crippen LogP contribution < -0.4 is 10.6 Å². The van der Waals surface area contributed by atoms with Gasteiger partial charge in [-0.15, -0.1) is 0 Å². The Morgan fingerprint density at radius 3 is 2.00 bits per heavy atom. The lowest BCUT2D eigenvalue weighted by molar-refractivity contribution is -0.112. The molecule has 0 unspecified atom stereocenters. The Morgan fingerprint density at radius 1 is 0.963 bits per heavy atom. The van der Waals surface area contributed by atoms with E-state index >= 15 is 0 Å². The van der Waals surface area contributed by atoms with Crippen LogP contribution in [-0.2, 0) is 4.79 Å². The standard InChI is InChI=1S/C22H30ClN3O/c23-19-12-14-21(15-13-19)26-22(27)18(16-24)17-25-20-10-8-6-4-2-1-3-5-7-9-11-20/h12-15,17,20,25H,1-11H2,(H,26,27)/b18-17-. The van der Waals surface area contributed by atoms with Crippen molar-refractivity contribution < 1.29 is 4.79 Å². The minimum Gasteiger partial charge on any atom is -0.387 e. The summed E-state index contributed by atoms with van der Waals surface area (Å²) in [5.74, 6) is -0.402. The van der Waals surface area contributed by atoms with E-state index in [4.69, 9.17) is 11.6 Å². The van der Waals surface area contributed by atoms with Crippen molar-refractivity contribution in [3.8, 4) is 6.07 Å². The summed E-state index contributed by atoms with van der Waals surface area (Å²) in [5.41, 5.74) is 0.715. The topological polar surface area (TPSA) is 64.9 Å². The summed E-state index contributed by atoms with van der Waals surface area (Å²) in [6.45, 7) is 0.